The van der Waals surface area contributed by atoms with Crippen LogP contribution in [0.2, 0.25) is 0 Å². The van der Waals surface area contributed by atoms with Gasteiger partial charge in [-0.05, 0) is 51.1 Å². The number of hydrogen-bond acceptors (Lipinski definition) is 2. The Kier molecular flexibility index (Phi) is 3.32. The Morgan fingerprint density at radius 2 is 2.00 bits per heavy atom. The molecule has 2 rings (SSSR count). The normalized spacial score (nSPS) is 19.3. The highest BCUT2D eigenvalue weighted by atomic mass is 79.9. The molecule has 1 aliphatic heterocycles. The van der Waals surface area contributed by atoms with Crippen LogP contribution in [-0.2, 0) is 0 Å². The first-order valence-electron chi connectivity index (χ1n) is 5.41. The van der Waals surface area contributed by atoms with Crippen molar-refractivity contribution in [2.24, 2.45) is 0 Å². The van der Waals surface area contributed by atoms with E-state index in [0.29, 0.717) is 11.8 Å². The molecule has 1 aromatic rings. The minimum atomic E-state index is 0.310. The van der Waals surface area contributed by atoms with Gasteiger partial charge in [-0.3, -0.25) is 4.90 Å². The summed E-state index contributed by atoms with van der Waals surface area (Å²) in [4.78, 5) is 2.42. The molecule has 1 saturated heterocycles. The molecule has 1 aliphatic rings. The molecule has 1 unspecified atom stereocenters. The van der Waals surface area contributed by atoms with E-state index in [1.165, 1.54) is 12.8 Å². The van der Waals surface area contributed by atoms with Gasteiger partial charge in [0.25, 0.3) is 0 Å². The first-order valence-corrected chi connectivity index (χ1v) is 6.20. The van der Waals surface area contributed by atoms with Crippen molar-refractivity contribution >= 4 is 15.9 Å². The number of rotatable bonds is 2. The van der Waals surface area contributed by atoms with E-state index >= 15 is 0 Å². The van der Waals surface area contributed by atoms with Crippen LogP contribution in [0.4, 0.5) is 0 Å². The van der Waals surface area contributed by atoms with Crippen LogP contribution in [0.25, 0.3) is 0 Å². The number of halogens is 1. The summed E-state index contributed by atoms with van der Waals surface area (Å²) in [5.74, 6) is 0.401. The van der Waals surface area contributed by atoms with Crippen LogP contribution in [-0.4, -0.2) is 23.1 Å². The van der Waals surface area contributed by atoms with Gasteiger partial charge in [0.15, 0.2) is 0 Å². The van der Waals surface area contributed by atoms with E-state index in [-0.39, 0.29) is 0 Å². The second-order valence-corrected chi connectivity index (χ2v) is 5.04. The van der Waals surface area contributed by atoms with E-state index < -0.39 is 0 Å². The maximum Gasteiger partial charge on any atom is 0.120 e. The highest BCUT2D eigenvalue weighted by Gasteiger charge is 2.21. The van der Waals surface area contributed by atoms with Crippen molar-refractivity contribution in [2.75, 3.05) is 13.1 Å². The van der Waals surface area contributed by atoms with Gasteiger partial charge in [0, 0.05) is 16.1 Å². The van der Waals surface area contributed by atoms with E-state index in [0.717, 1.165) is 23.1 Å². The Morgan fingerprint density at radius 1 is 1.33 bits per heavy atom. The van der Waals surface area contributed by atoms with Crippen molar-refractivity contribution in [1.29, 1.82) is 0 Å². The maximum atomic E-state index is 9.82. The molecule has 82 valence electrons. The van der Waals surface area contributed by atoms with E-state index in [4.69, 9.17) is 0 Å². The summed E-state index contributed by atoms with van der Waals surface area (Å²) < 4.78 is 1.03. The molecule has 15 heavy (non-hydrogen) atoms. The fourth-order valence-electron chi connectivity index (χ4n) is 2.19. The molecule has 0 radical (unpaired) electrons. The Morgan fingerprint density at radius 3 is 2.67 bits per heavy atom. The number of aromatic hydroxyl groups is 1. The fraction of sp³-hybridized carbons (Fsp3) is 0.500. The zero-order valence-electron chi connectivity index (χ0n) is 8.91. The van der Waals surface area contributed by atoms with Gasteiger partial charge >= 0.3 is 0 Å². The predicted octanol–water partition coefficient (Wildman–Crippen LogP) is 3.31. The van der Waals surface area contributed by atoms with Crippen LogP contribution in [0, 0.1) is 0 Å². The molecule has 3 heteroatoms. The minimum Gasteiger partial charge on any atom is -0.508 e. The van der Waals surface area contributed by atoms with E-state index in [1.54, 1.807) is 6.07 Å². The molecule has 0 spiro atoms. The lowest BCUT2D eigenvalue weighted by atomic mass is 10.1. The van der Waals surface area contributed by atoms with Crippen molar-refractivity contribution < 1.29 is 5.11 Å². The van der Waals surface area contributed by atoms with Gasteiger partial charge in [-0.15, -0.1) is 0 Å². The maximum absolute atomic E-state index is 9.82. The lowest BCUT2D eigenvalue weighted by Crippen LogP contribution is -2.23. The summed E-state index contributed by atoms with van der Waals surface area (Å²) in [7, 11) is 0. The predicted molar refractivity (Wildman–Crippen MR) is 65.0 cm³/mol. The second-order valence-electron chi connectivity index (χ2n) is 4.12. The minimum absolute atomic E-state index is 0.310. The first kappa shape index (κ1) is 11.0. The van der Waals surface area contributed by atoms with Gasteiger partial charge < -0.3 is 5.11 Å². The van der Waals surface area contributed by atoms with Crippen LogP contribution in [0.1, 0.15) is 31.4 Å². The summed E-state index contributed by atoms with van der Waals surface area (Å²) in [6.45, 7) is 4.45. The van der Waals surface area contributed by atoms with Gasteiger partial charge in [-0.2, -0.15) is 0 Å². The van der Waals surface area contributed by atoms with Crippen LogP contribution >= 0.6 is 15.9 Å². The summed E-state index contributed by atoms with van der Waals surface area (Å²) in [5, 5.41) is 9.82. The number of nitrogens with zero attached hydrogens (tertiary/aromatic N) is 1. The third-order valence-electron chi connectivity index (χ3n) is 3.13. The third-order valence-corrected chi connectivity index (χ3v) is 3.62. The molecule has 0 saturated carbocycles. The zero-order chi connectivity index (χ0) is 10.8. The van der Waals surface area contributed by atoms with Crippen molar-refractivity contribution in [2.45, 2.75) is 25.8 Å². The van der Waals surface area contributed by atoms with E-state index in [9.17, 15) is 5.11 Å². The summed E-state index contributed by atoms with van der Waals surface area (Å²) >= 11 is 3.44. The Hall–Kier alpha value is -0.540. The van der Waals surface area contributed by atoms with Gasteiger partial charge in [-0.1, -0.05) is 15.9 Å². The monoisotopic (exact) mass is 269 g/mol. The van der Waals surface area contributed by atoms with Crippen molar-refractivity contribution in [3.8, 4) is 5.75 Å². The van der Waals surface area contributed by atoms with Crippen molar-refractivity contribution in [1.82, 2.24) is 4.90 Å². The average Bonchev–Trinajstić information content (AvgIpc) is 2.74. The number of phenolic OH excluding ortho intramolecular Hbond substituents is 1. The molecule has 2 nitrogen and oxygen atoms in total. The van der Waals surface area contributed by atoms with E-state index in [1.807, 2.05) is 12.1 Å². The smallest absolute Gasteiger partial charge is 0.120 e. The molecule has 1 heterocycles. The van der Waals surface area contributed by atoms with Gasteiger partial charge in [0.05, 0.1) is 0 Å². The topological polar surface area (TPSA) is 23.5 Å². The molecule has 1 aromatic carbocycles. The quantitative estimate of drug-likeness (QED) is 0.891. The molecule has 0 amide bonds. The number of phenols is 1. The number of likely N-dealkylation sites (tertiary alicyclic amines) is 1. The molecule has 1 fully saturated rings. The molecule has 0 aromatic heterocycles. The van der Waals surface area contributed by atoms with Crippen LogP contribution in [0.5, 0.6) is 5.75 Å². The van der Waals surface area contributed by atoms with Crippen LogP contribution < -0.4 is 0 Å². The number of benzene rings is 1. The standard InChI is InChI=1S/C12H16BrNO/c1-9(14-6-2-3-7-14)11-8-10(13)4-5-12(11)15/h4-5,8-9,15H,2-3,6-7H2,1H3. The molecule has 0 bridgehead atoms. The van der Waals surface area contributed by atoms with Crippen LogP contribution in [0.3, 0.4) is 0 Å². The Balaban J connectivity index is 2.23. The van der Waals surface area contributed by atoms with Gasteiger partial charge in [0.1, 0.15) is 5.75 Å². The molecular weight excluding hydrogens is 254 g/mol. The van der Waals surface area contributed by atoms with Gasteiger partial charge in [-0.25, -0.2) is 0 Å². The first-order chi connectivity index (χ1) is 7.18. The molecule has 1 atom stereocenters. The Labute approximate surface area is 99.0 Å². The van der Waals surface area contributed by atoms with Gasteiger partial charge in [0.2, 0.25) is 0 Å². The highest BCUT2D eigenvalue weighted by Crippen LogP contribution is 2.32. The average molecular weight is 270 g/mol. The largest absolute Gasteiger partial charge is 0.508 e. The van der Waals surface area contributed by atoms with Crippen molar-refractivity contribution in [3.63, 3.8) is 0 Å². The lowest BCUT2D eigenvalue weighted by molar-refractivity contribution is 0.257. The zero-order valence-corrected chi connectivity index (χ0v) is 10.5. The fourth-order valence-corrected chi connectivity index (χ4v) is 2.56. The summed E-state index contributed by atoms with van der Waals surface area (Å²) in [6, 6.07) is 5.95. The molecule has 1 N–H and O–H groups in total. The van der Waals surface area contributed by atoms with Crippen molar-refractivity contribution in [3.05, 3.63) is 28.2 Å². The third kappa shape index (κ3) is 2.34. The highest BCUT2D eigenvalue weighted by molar-refractivity contribution is 9.10. The Bertz CT molecular complexity index is 347. The second kappa shape index (κ2) is 4.54. The molecule has 0 aliphatic carbocycles. The lowest BCUT2D eigenvalue weighted by Gasteiger charge is -2.24. The summed E-state index contributed by atoms with van der Waals surface area (Å²) in [6.07, 6.45) is 2.55. The van der Waals surface area contributed by atoms with Crippen LogP contribution in [0.15, 0.2) is 22.7 Å². The number of hydrogen-bond donors (Lipinski definition) is 1. The summed E-state index contributed by atoms with van der Waals surface area (Å²) in [5.41, 5.74) is 1.02. The van der Waals surface area contributed by atoms with E-state index in [2.05, 4.69) is 27.8 Å². The molecular formula is C12H16BrNO. The SMILES string of the molecule is CC(c1cc(Br)ccc1O)N1CCCC1.